The van der Waals surface area contributed by atoms with Gasteiger partial charge in [0.2, 0.25) is 5.91 Å². The Labute approximate surface area is 134 Å². The molecular formula is C16H29NO5. The van der Waals surface area contributed by atoms with Crippen LogP contribution in [-0.4, -0.2) is 76.8 Å². The van der Waals surface area contributed by atoms with Crippen LogP contribution in [0.5, 0.6) is 0 Å². The van der Waals surface area contributed by atoms with Crippen molar-refractivity contribution in [2.45, 2.75) is 20.3 Å². The molecule has 0 N–H and O–H groups in total. The van der Waals surface area contributed by atoms with Crippen molar-refractivity contribution in [1.82, 2.24) is 4.90 Å². The van der Waals surface area contributed by atoms with Crippen molar-refractivity contribution in [3.05, 3.63) is 0 Å². The molecular weight excluding hydrogens is 286 g/mol. The van der Waals surface area contributed by atoms with E-state index in [1.54, 1.807) is 4.90 Å². The summed E-state index contributed by atoms with van der Waals surface area (Å²) in [6.07, 6.45) is 5.45. The Bertz CT molecular complexity index is 299. The molecule has 0 radical (unpaired) electrons. The van der Waals surface area contributed by atoms with E-state index in [1.165, 1.54) is 0 Å². The predicted octanol–water partition coefficient (Wildman–Crippen LogP) is 0.945. The molecule has 0 aromatic rings. The molecule has 0 aliphatic rings. The van der Waals surface area contributed by atoms with E-state index >= 15 is 0 Å². The largest absolute Gasteiger partial charge is 0.379 e. The first kappa shape index (κ1) is 20.9. The molecule has 0 heterocycles. The van der Waals surface area contributed by atoms with E-state index in [0.717, 1.165) is 13.1 Å². The highest BCUT2D eigenvalue weighted by Crippen LogP contribution is 1.94. The van der Waals surface area contributed by atoms with Crippen LogP contribution < -0.4 is 0 Å². The fourth-order valence-corrected chi connectivity index (χ4v) is 1.68. The van der Waals surface area contributed by atoms with Crippen LogP contribution in [0.3, 0.4) is 0 Å². The first-order valence-corrected chi connectivity index (χ1v) is 7.78. The molecule has 0 aromatic heterocycles. The minimum Gasteiger partial charge on any atom is -0.379 e. The molecule has 0 saturated heterocycles. The van der Waals surface area contributed by atoms with Crippen molar-refractivity contribution >= 4 is 5.91 Å². The summed E-state index contributed by atoms with van der Waals surface area (Å²) in [6, 6.07) is 0. The summed E-state index contributed by atoms with van der Waals surface area (Å²) in [5.41, 5.74) is 0. The molecule has 0 atom stereocenters. The van der Waals surface area contributed by atoms with Gasteiger partial charge in [-0.3, -0.25) is 4.79 Å². The number of amides is 1. The van der Waals surface area contributed by atoms with Crippen LogP contribution in [0.2, 0.25) is 0 Å². The Morgan fingerprint density at radius 3 is 1.77 bits per heavy atom. The second-order valence-electron chi connectivity index (χ2n) is 4.41. The van der Waals surface area contributed by atoms with Gasteiger partial charge in [0.25, 0.3) is 0 Å². The van der Waals surface area contributed by atoms with Crippen LogP contribution in [0, 0.1) is 12.3 Å². The highest BCUT2D eigenvalue weighted by atomic mass is 16.6. The summed E-state index contributed by atoms with van der Waals surface area (Å²) in [7, 11) is 0. The number of carbonyl (C=O) groups is 1. The summed E-state index contributed by atoms with van der Waals surface area (Å²) in [5.74, 6) is 2.51. The molecule has 128 valence electrons. The number of nitrogens with zero attached hydrogens (tertiary/aromatic N) is 1. The van der Waals surface area contributed by atoms with Crippen LogP contribution in [0.15, 0.2) is 0 Å². The quantitative estimate of drug-likeness (QED) is 0.333. The smallest absolute Gasteiger partial charge is 0.224 e. The maximum absolute atomic E-state index is 11.7. The Kier molecular flexibility index (Phi) is 15.4. The topological polar surface area (TPSA) is 57.2 Å². The lowest BCUT2D eigenvalue weighted by Crippen LogP contribution is -2.31. The summed E-state index contributed by atoms with van der Waals surface area (Å²) in [6.45, 7) is 9.18. The van der Waals surface area contributed by atoms with Crippen LogP contribution in [-0.2, 0) is 23.7 Å². The zero-order valence-electron chi connectivity index (χ0n) is 13.8. The zero-order valence-corrected chi connectivity index (χ0v) is 13.8. The SMILES string of the molecule is C#CCOCCOCCOCCOCCC(=O)N(CC)CC. The van der Waals surface area contributed by atoms with E-state index in [1.807, 2.05) is 13.8 Å². The lowest BCUT2D eigenvalue weighted by atomic mass is 10.3. The Balaban J connectivity index is 3.21. The summed E-state index contributed by atoms with van der Waals surface area (Å²) in [5, 5.41) is 0. The average Bonchev–Trinajstić information content (AvgIpc) is 2.53. The highest BCUT2D eigenvalue weighted by molar-refractivity contribution is 5.76. The molecule has 0 bridgehead atoms. The van der Waals surface area contributed by atoms with Crippen molar-refractivity contribution in [2.24, 2.45) is 0 Å². The number of terminal acetylenes is 1. The highest BCUT2D eigenvalue weighted by Gasteiger charge is 2.08. The maximum atomic E-state index is 11.7. The lowest BCUT2D eigenvalue weighted by molar-refractivity contribution is -0.132. The van der Waals surface area contributed by atoms with Crippen LogP contribution in [0.4, 0.5) is 0 Å². The van der Waals surface area contributed by atoms with Crippen LogP contribution in [0.25, 0.3) is 0 Å². The van der Waals surface area contributed by atoms with Crippen LogP contribution in [0.1, 0.15) is 20.3 Å². The molecule has 6 heteroatoms. The summed E-state index contributed by atoms with van der Waals surface area (Å²) in [4.78, 5) is 13.5. The third-order valence-electron chi connectivity index (χ3n) is 2.88. The van der Waals surface area contributed by atoms with Gasteiger partial charge < -0.3 is 23.8 Å². The lowest BCUT2D eigenvalue weighted by Gasteiger charge is -2.18. The first-order valence-electron chi connectivity index (χ1n) is 7.78. The molecule has 0 saturated carbocycles. The number of ether oxygens (including phenoxy) is 4. The second-order valence-corrected chi connectivity index (χ2v) is 4.41. The fraction of sp³-hybridized carbons (Fsp3) is 0.812. The molecule has 6 nitrogen and oxygen atoms in total. The van der Waals surface area contributed by atoms with Crippen molar-refractivity contribution in [2.75, 3.05) is 65.9 Å². The van der Waals surface area contributed by atoms with Crippen molar-refractivity contribution in [3.63, 3.8) is 0 Å². The minimum atomic E-state index is 0.131. The van der Waals surface area contributed by atoms with E-state index in [-0.39, 0.29) is 5.91 Å². The number of hydrogen-bond acceptors (Lipinski definition) is 5. The molecule has 0 fully saturated rings. The summed E-state index contributed by atoms with van der Waals surface area (Å²) < 4.78 is 21.0. The Morgan fingerprint density at radius 2 is 1.32 bits per heavy atom. The molecule has 0 rings (SSSR count). The minimum absolute atomic E-state index is 0.131. The van der Waals surface area contributed by atoms with Gasteiger partial charge in [0.1, 0.15) is 6.61 Å². The van der Waals surface area contributed by atoms with E-state index in [4.69, 9.17) is 25.4 Å². The molecule has 0 aliphatic heterocycles. The van der Waals surface area contributed by atoms with Crippen molar-refractivity contribution in [3.8, 4) is 12.3 Å². The zero-order chi connectivity index (χ0) is 16.5. The molecule has 0 unspecified atom stereocenters. The standard InChI is InChI=1S/C16H29NO5/c1-4-8-19-10-12-21-14-15-22-13-11-20-9-7-16(18)17(5-2)6-3/h1H,5-15H2,2-3H3. The van der Waals surface area contributed by atoms with E-state index in [0.29, 0.717) is 59.3 Å². The Morgan fingerprint density at radius 1 is 0.864 bits per heavy atom. The van der Waals surface area contributed by atoms with E-state index in [9.17, 15) is 4.79 Å². The number of hydrogen-bond donors (Lipinski definition) is 0. The van der Waals surface area contributed by atoms with Crippen LogP contribution >= 0.6 is 0 Å². The normalized spacial score (nSPS) is 10.4. The van der Waals surface area contributed by atoms with E-state index < -0.39 is 0 Å². The first-order chi connectivity index (χ1) is 10.8. The van der Waals surface area contributed by atoms with Gasteiger partial charge in [0.15, 0.2) is 0 Å². The monoisotopic (exact) mass is 315 g/mol. The molecule has 22 heavy (non-hydrogen) atoms. The van der Waals surface area contributed by atoms with Gasteiger partial charge in [-0.25, -0.2) is 0 Å². The van der Waals surface area contributed by atoms with Gasteiger partial charge in [-0.05, 0) is 13.8 Å². The van der Waals surface area contributed by atoms with Gasteiger partial charge in [-0.1, -0.05) is 5.92 Å². The number of rotatable bonds is 15. The van der Waals surface area contributed by atoms with Gasteiger partial charge in [0.05, 0.1) is 52.7 Å². The second kappa shape index (κ2) is 16.2. The van der Waals surface area contributed by atoms with Gasteiger partial charge in [0, 0.05) is 13.1 Å². The summed E-state index contributed by atoms with van der Waals surface area (Å²) >= 11 is 0. The third-order valence-corrected chi connectivity index (χ3v) is 2.88. The van der Waals surface area contributed by atoms with Crippen molar-refractivity contribution in [1.29, 1.82) is 0 Å². The van der Waals surface area contributed by atoms with Gasteiger partial charge in [-0.15, -0.1) is 6.42 Å². The fourth-order valence-electron chi connectivity index (χ4n) is 1.68. The third kappa shape index (κ3) is 12.6. The predicted molar refractivity (Wildman–Crippen MR) is 84.7 cm³/mol. The maximum Gasteiger partial charge on any atom is 0.224 e. The number of carbonyl (C=O) groups excluding carboxylic acids is 1. The van der Waals surface area contributed by atoms with E-state index in [2.05, 4.69) is 5.92 Å². The molecule has 1 amide bonds. The van der Waals surface area contributed by atoms with Crippen molar-refractivity contribution < 1.29 is 23.7 Å². The van der Waals surface area contributed by atoms with Gasteiger partial charge >= 0.3 is 0 Å². The molecule has 0 aliphatic carbocycles. The average molecular weight is 315 g/mol. The molecule has 0 aromatic carbocycles. The Hall–Kier alpha value is -1.13. The molecule has 0 spiro atoms. The van der Waals surface area contributed by atoms with Gasteiger partial charge in [-0.2, -0.15) is 0 Å².